The second-order valence-electron chi connectivity index (χ2n) is 2.34. The summed E-state index contributed by atoms with van der Waals surface area (Å²) >= 11 is 0. The number of carbonyl (C=O) groups excluding carboxylic acids is 1. The SMILES string of the molecule is C=CCCOc1ncc(C=O)cn1. The molecule has 0 spiro atoms. The average molecular weight is 178 g/mol. The maximum Gasteiger partial charge on any atom is 0.316 e. The molecule has 68 valence electrons. The van der Waals surface area contributed by atoms with Crippen LogP contribution < -0.4 is 4.74 Å². The number of ether oxygens (including phenoxy) is 1. The molecule has 1 heterocycles. The molecular weight excluding hydrogens is 168 g/mol. The largest absolute Gasteiger partial charge is 0.463 e. The Morgan fingerprint density at radius 1 is 1.46 bits per heavy atom. The molecule has 0 unspecified atom stereocenters. The zero-order chi connectivity index (χ0) is 9.52. The highest BCUT2D eigenvalue weighted by Gasteiger charge is 1.96. The third-order valence-electron chi connectivity index (χ3n) is 1.34. The van der Waals surface area contributed by atoms with E-state index in [9.17, 15) is 4.79 Å². The minimum absolute atomic E-state index is 0.285. The van der Waals surface area contributed by atoms with Crippen LogP contribution in [0.5, 0.6) is 6.01 Å². The third-order valence-corrected chi connectivity index (χ3v) is 1.34. The van der Waals surface area contributed by atoms with Crippen LogP contribution in [0.2, 0.25) is 0 Å². The number of hydrogen-bond donors (Lipinski definition) is 0. The highest BCUT2D eigenvalue weighted by molar-refractivity contribution is 5.73. The van der Waals surface area contributed by atoms with Gasteiger partial charge in [-0.25, -0.2) is 9.97 Å². The van der Waals surface area contributed by atoms with Crippen molar-refractivity contribution >= 4 is 6.29 Å². The molecule has 0 radical (unpaired) electrons. The molecule has 0 bridgehead atoms. The zero-order valence-corrected chi connectivity index (χ0v) is 7.14. The Morgan fingerprint density at radius 2 is 2.15 bits per heavy atom. The molecule has 0 N–H and O–H groups in total. The first-order valence-corrected chi connectivity index (χ1v) is 3.87. The van der Waals surface area contributed by atoms with Crippen LogP contribution in [-0.2, 0) is 0 Å². The van der Waals surface area contributed by atoms with Crippen LogP contribution in [0.4, 0.5) is 0 Å². The molecule has 0 fully saturated rings. The molecule has 0 atom stereocenters. The van der Waals surface area contributed by atoms with Gasteiger partial charge in [-0.05, 0) is 6.42 Å². The zero-order valence-electron chi connectivity index (χ0n) is 7.14. The first kappa shape index (κ1) is 9.38. The molecule has 1 aromatic heterocycles. The van der Waals surface area contributed by atoms with Crippen LogP contribution in [0.1, 0.15) is 16.8 Å². The fraction of sp³-hybridized carbons (Fsp3) is 0.222. The highest BCUT2D eigenvalue weighted by Crippen LogP contribution is 2.00. The summed E-state index contributed by atoms with van der Waals surface area (Å²) in [6.07, 6.45) is 6.03. The van der Waals surface area contributed by atoms with Gasteiger partial charge < -0.3 is 4.74 Å². The molecule has 1 aromatic rings. The van der Waals surface area contributed by atoms with Gasteiger partial charge >= 0.3 is 6.01 Å². The molecule has 1 rings (SSSR count). The summed E-state index contributed by atoms with van der Waals surface area (Å²) in [4.78, 5) is 17.9. The number of carbonyl (C=O) groups is 1. The lowest BCUT2D eigenvalue weighted by atomic mass is 10.4. The Kier molecular flexibility index (Phi) is 3.63. The molecule has 0 aliphatic carbocycles. The molecule has 0 aromatic carbocycles. The van der Waals surface area contributed by atoms with Gasteiger partial charge in [0.2, 0.25) is 0 Å². The third kappa shape index (κ3) is 3.02. The van der Waals surface area contributed by atoms with E-state index in [0.29, 0.717) is 18.5 Å². The minimum Gasteiger partial charge on any atom is -0.463 e. The number of aldehydes is 1. The Bertz CT molecular complexity index is 282. The molecule has 0 aliphatic heterocycles. The van der Waals surface area contributed by atoms with Crippen molar-refractivity contribution in [1.29, 1.82) is 0 Å². The fourth-order valence-electron chi connectivity index (χ4n) is 0.695. The minimum atomic E-state index is 0.285. The van der Waals surface area contributed by atoms with E-state index in [2.05, 4.69) is 16.5 Å². The van der Waals surface area contributed by atoms with Crippen molar-refractivity contribution in [3.63, 3.8) is 0 Å². The van der Waals surface area contributed by atoms with Gasteiger partial charge in [0.1, 0.15) is 0 Å². The summed E-state index contributed by atoms with van der Waals surface area (Å²) in [5.74, 6) is 0. The van der Waals surface area contributed by atoms with Crippen LogP contribution in [-0.4, -0.2) is 22.9 Å². The predicted molar refractivity (Wildman–Crippen MR) is 47.7 cm³/mol. The van der Waals surface area contributed by atoms with Gasteiger partial charge in [-0.1, -0.05) is 6.08 Å². The standard InChI is InChI=1S/C9H10N2O2/c1-2-3-4-13-9-10-5-8(7-12)6-11-9/h2,5-7H,1,3-4H2. The summed E-state index contributed by atoms with van der Waals surface area (Å²) in [7, 11) is 0. The van der Waals surface area contributed by atoms with Gasteiger partial charge in [-0.15, -0.1) is 6.58 Å². The molecule has 0 amide bonds. The first-order chi connectivity index (χ1) is 6.36. The molecular formula is C9H10N2O2. The second kappa shape index (κ2) is 5.03. The van der Waals surface area contributed by atoms with Crippen molar-refractivity contribution in [2.24, 2.45) is 0 Å². The Hall–Kier alpha value is -1.71. The lowest BCUT2D eigenvalue weighted by molar-refractivity contribution is 0.112. The summed E-state index contributed by atoms with van der Waals surface area (Å²) in [5.41, 5.74) is 0.441. The average Bonchev–Trinajstić information content (AvgIpc) is 2.19. The summed E-state index contributed by atoms with van der Waals surface area (Å²) in [6, 6.07) is 0.285. The lowest BCUT2D eigenvalue weighted by Gasteiger charge is -2.00. The molecule has 0 saturated heterocycles. The van der Waals surface area contributed by atoms with E-state index in [1.54, 1.807) is 6.08 Å². The molecule has 4 heteroatoms. The summed E-state index contributed by atoms with van der Waals surface area (Å²) in [5, 5.41) is 0. The lowest BCUT2D eigenvalue weighted by Crippen LogP contribution is -2.00. The van der Waals surface area contributed by atoms with Crippen molar-refractivity contribution in [1.82, 2.24) is 9.97 Å². The van der Waals surface area contributed by atoms with E-state index in [1.165, 1.54) is 12.4 Å². The van der Waals surface area contributed by atoms with E-state index < -0.39 is 0 Å². The monoisotopic (exact) mass is 178 g/mol. The topological polar surface area (TPSA) is 52.1 Å². The van der Waals surface area contributed by atoms with Crippen LogP contribution in [0.3, 0.4) is 0 Å². The van der Waals surface area contributed by atoms with Gasteiger partial charge in [-0.3, -0.25) is 4.79 Å². The van der Waals surface area contributed by atoms with Gasteiger partial charge in [-0.2, -0.15) is 0 Å². The Labute approximate surface area is 76.3 Å². The van der Waals surface area contributed by atoms with Crippen LogP contribution in [0.15, 0.2) is 25.0 Å². The van der Waals surface area contributed by atoms with E-state index in [1.807, 2.05) is 0 Å². The Morgan fingerprint density at radius 3 is 2.69 bits per heavy atom. The fourth-order valence-corrected chi connectivity index (χ4v) is 0.695. The van der Waals surface area contributed by atoms with Crippen LogP contribution in [0, 0.1) is 0 Å². The van der Waals surface area contributed by atoms with Crippen molar-refractivity contribution in [3.8, 4) is 6.01 Å². The van der Waals surface area contributed by atoms with E-state index in [4.69, 9.17) is 4.74 Å². The second-order valence-corrected chi connectivity index (χ2v) is 2.34. The van der Waals surface area contributed by atoms with E-state index >= 15 is 0 Å². The van der Waals surface area contributed by atoms with Crippen molar-refractivity contribution in [2.75, 3.05) is 6.61 Å². The quantitative estimate of drug-likeness (QED) is 0.386. The number of hydrogen-bond acceptors (Lipinski definition) is 4. The van der Waals surface area contributed by atoms with E-state index in [-0.39, 0.29) is 6.01 Å². The Balaban J connectivity index is 2.48. The molecule has 0 aliphatic rings. The van der Waals surface area contributed by atoms with Gasteiger partial charge in [0, 0.05) is 12.4 Å². The van der Waals surface area contributed by atoms with Gasteiger partial charge in [0.15, 0.2) is 6.29 Å². The maximum atomic E-state index is 10.2. The molecule has 4 nitrogen and oxygen atoms in total. The summed E-state index contributed by atoms with van der Waals surface area (Å²) < 4.78 is 5.14. The highest BCUT2D eigenvalue weighted by atomic mass is 16.5. The van der Waals surface area contributed by atoms with Gasteiger partial charge in [0.25, 0.3) is 0 Å². The number of nitrogens with zero attached hydrogens (tertiary/aromatic N) is 2. The predicted octanol–water partition coefficient (Wildman–Crippen LogP) is 1.24. The van der Waals surface area contributed by atoms with Crippen LogP contribution in [0.25, 0.3) is 0 Å². The summed E-state index contributed by atoms with van der Waals surface area (Å²) in [6.45, 7) is 4.06. The molecule has 13 heavy (non-hydrogen) atoms. The van der Waals surface area contributed by atoms with Crippen molar-refractivity contribution in [2.45, 2.75) is 6.42 Å². The first-order valence-electron chi connectivity index (χ1n) is 3.87. The van der Waals surface area contributed by atoms with Crippen molar-refractivity contribution in [3.05, 3.63) is 30.6 Å². The number of aromatic nitrogens is 2. The van der Waals surface area contributed by atoms with Crippen molar-refractivity contribution < 1.29 is 9.53 Å². The van der Waals surface area contributed by atoms with Gasteiger partial charge in [0.05, 0.1) is 12.2 Å². The normalized spacial score (nSPS) is 9.23. The van der Waals surface area contributed by atoms with Crippen LogP contribution >= 0.6 is 0 Å². The molecule has 0 saturated carbocycles. The smallest absolute Gasteiger partial charge is 0.316 e. The maximum absolute atomic E-state index is 10.2. The van der Waals surface area contributed by atoms with E-state index in [0.717, 1.165) is 6.42 Å². The number of rotatable bonds is 5.